The average Bonchev–Trinajstić information content (AvgIpc) is 3.26. The van der Waals surface area contributed by atoms with E-state index in [9.17, 15) is 9.59 Å². The number of halogens is 3. The van der Waals surface area contributed by atoms with Crippen LogP contribution in [0.4, 0.5) is 0 Å². The minimum absolute atomic E-state index is 0.0832. The Morgan fingerprint density at radius 3 is 2.52 bits per heavy atom. The van der Waals surface area contributed by atoms with E-state index in [1.54, 1.807) is 48.5 Å². The van der Waals surface area contributed by atoms with Crippen LogP contribution in [0.1, 0.15) is 16.9 Å². The summed E-state index contributed by atoms with van der Waals surface area (Å²) in [5.74, 6) is -0.843. The van der Waals surface area contributed by atoms with Crippen LogP contribution in [0.3, 0.4) is 0 Å². The molecule has 2 N–H and O–H groups in total. The van der Waals surface area contributed by atoms with Crippen molar-refractivity contribution in [3.05, 3.63) is 86.7 Å². The molecule has 0 unspecified atom stereocenters. The fraction of sp³-hybridized carbons (Fsp3) is 0.0952. The van der Waals surface area contributed by atoms with Gasteiger partial charge in [-0.1, -0.05) is 40.9 Å². The zero-order chi connectivity index (χ0) is 22.2. The van der Waals surface area contributed by atoms with Crippen molar-refractivity contribution >= 4 is 52.8 Å². The average molecular weight is 481 g/mol. The van der Waals surface area contributed by atoms with E-state index >= 15 is 0 Å². The maximum atomic E-state index is 11.9. The van der Waals surface area contributed by atoms with E-state index in [0.717, 1.165) is 0 Å². The number of nitrogens with one attached hydrogen (secondary N) is 2. The van der Waals surface area contributed by atoms with E-state index < -0.39 is 11.8 Å². The second-order valence-corrected chi connectivity index (χ2v) is 7.38. The lowest BCUT2D eigenvalue weighted by Gasteiger charge is -2.11. The van der Waals surface area contributed by atoms with Crippen molar-refractivity contribution in [2.75, 3.05) is 0 Å². The van der Waals surface area contributed by atoms with Gasteiger partial charge in [0.1, 0.15) is 18.1 Å². The molecule has 0 atom stereocenters. The molecule has 0 bridgehead atoms. The molecule has 7 nitrogen and oxygen atoms in total. The Kier molecular flexibility index (Phi) is 7.94. The van der Waals surface area contributed by atoms with Crippen molar-refractivity contribution in [3.63, 3.8) is 0 Å². The summed E-state index contributed by atoms with van der Waals surface area (Å²) in [6.07, 6.45) is 2.78. The predicted octanol–water partition coefficient (Wildman–Crippen LogP) is 4.59. The molecule has 3 rings (SSSR count). The summed E-state index contributed by atoms with van der Waals surface area (Å²) in [4.78, 5) is 23.7. The fourth-order valence-electron chi connectivity index (χ4n) is 2.44. The van der Waals surface area contributed by atoms with Gasteiger partial charge in [-0.15, -0.1) is 0 Å². The van der Waals surface area contributed by atoms with Gasteiger partial charge in [-0.25, -0.2) is 5.43 Å². The second kappa shape index (κ2) is 10.9. The molecular weight excluding hydrogens is 465 g/mol. The largest absolute Gasteiger partial charge is 0.488 e. The number of nitrogens with zero attached hydrogens (tertiary/aromatic N) is 1. The van der Waals surface area contributed by atoms with Crippen LogP contribution in [0.15, 0.2) is 64.3 Å². The van der Waals surface area contributed by atoms with Crippen molar-refractivity contribution in [2.45, 2.75) is 13.2 Å². The SMILES string of the molecule is O=C(NCc1ccco1)C(=O)N/N=C\c1cc(Cl)ccc1OCc1c(Cl)cccc1Cl. The predicted molar refractivity (Wildman–Crippen MR) is 119 cm³/mol. The first kappa shape index (κ1) is 22.7. The number of amides is 2. The van der Waals surface area contributed by atoms with Crippen LogP contribution in [0.5, 0.6) is 5.75 Å². The summed E-state index contributed by atoms with van der Waals surface area (Å²) in [5, 5.41) is 7.60. The number of ether oxygens (including phenoxy) is 1. The number of hydrazone groups is 1. The molecule has 0 saturated carbocycles. The lowest BCUT2D eigenvalue weighted by Crippen LogP contribution is -2.37. The number of furan rings is 1. The minimum atomic E-state index is -0.935. The van der Waals surface area contributed by atoms with Gasteiger partial charge in [0, 0.05) is 26.2 Å². The Balaban J connectivity index is 1.61. The molecule has 1 heterocycles. The van der Waals surface area contributed by atoms with Crippen LogP contribution < -0.4 is 15.5 Å². The van der Waals surface area contributed by atoms with E-state index in [-0.39, 0.29) is 13.2 Å². The third kappa shape index (κ3) is 6.49. The first-order valence-corrected chi connectivity index (χ1v) is 10.1. The van der Waals surface area contributed by atoms with Crippen LogP contribution in [-0.2, 0) is 22.7 Å². The van der Waals surface area contributed by atoms with Gasteiger partial charge in [0.05, 0.1) is 19.0 Å². The zero-order valence-electron chi connectivity index (χ0n) is 15.9. The third-order valence-electron chi connectivity index (χ3n) is 3.98. The van der Waals surface area contributed by atoms with Gasteiger partial charge < -0.3 is 14.5 Å². The molecule has 0 radical (unpaired) electrons. The fourth-order valence-corrected chi connectivity index (χ4v) is 3.13. The highest BCUT2D eigenvalue weighted by atomic mass is 35.5. The minimum Gasteiger partial charge on any atom is -0.488 e. The summed E-state index contributed by atoms with van der Waals surface area (Å²) in [6.45, 7) is 0.197. The highest BCUT2D eigenvalue weighted by Gasteiger charge is 2.13. The maximum absolute atomic E-state index is 11.9. The molecule has 1 aromatic heterocycles. The number of rotatable bonds is 7. The topological polar surface area (TPSA) is 92.9 Å². The van der Waals surface area contributed by atoms with Gasteiger partial charge in [0.15, 0.2) is 0 Å². The highest BCUT2D eigenvalue weighted by Crippen LogP contribution is 2.27. The van der Waals surface area contributed by atoms with Crippen LogP contribution in [-0.4, -0.2) is 18.0 Å². The van der Waals surface area contributed by atoms with Crippen molar-refractivity contribution in [2.24, 2.45) is 5.10 Å². The van der Waals surface area contributed by atoms with E-state index in [1.165, 1.54) is 12.5 Å². The van der Waals surface area contributed by atoms with Crippen molar-refractivity contribution < 1.29 is 18.7 Å². The van der Waals surface area contributed by atoms with Crippen molar-refractivity contribution in [1.82, 2.24) is 10.7 Å². The van der Waals surface area contributed by atoms with Gasteiger partial charge in [0.25, 0.3) is 0 Å². The summed E-state index contributed by atoms with van der Waals surface area (Å²) < 4.78 is 10.9. The van der Waals surface area contributed by atoms with Crippen molar-refractivity contribution in [3.8, 4) is 5.75 Å². The molecule has 10 heteroatoms. The number of benzene rings is 2. The Bertz CT molecular complexity index is 1080. The van der Waals surface area contributed by atoms with E-state index in [1.807, 2.05) is 0 Å². The molecule has 160 valence electrons. The summed E-state index contributed by atoms with van der Waals surface area (Å²) in [7, 11) is 0. The monoisotopic (exact) mass is 479 g/mol. The van der Waals surface area contributed by atoms with Crippen molar-refractivity contribution in [1.29, 1.82) is 0 Å². The van der Waals surface area contributed by atoms with Gasteiger partial charge in [-0.3, -0.25) is 9.59 Å². The van der Waals surface area contributed by atoms with Gasteiger partial charge in [-0.05, 0) is 42.5 Å². The first-order chi connectivity index (χ1) is 14.9. The molecule has 0 saturated heterocycles. The van der Waals surface area contributed by atoms with Crippen LogP contribution in [0.2, 0.25) is 15.1 Å². The molecule has 2 amide bonds. The van der Waals surface area contributed by atoms with Gasteiger partial charge in [0.2, 0.25) is 0 Å². The Hall–Kier alpha value is -3.00. The Morgan fingerprint density at radius 2 is 1.81 bits per heavy atom. The standard InChI is InChI=1S/C21H16Cl3N3O4/c22-14-6-7-19(31-12-16-17(23)4-1-5-18(16)24)13(9-14)10-26-27-21(29)20(28)25-11-15-3-2-8-30-15/h1-10H,11-12H2,(H,25,28)(H,27,29)/b26-10-. The number of hydrogen-bond donors (Lipinski definition) is 2. The van der Waals surface area contributed by atoms with E-state index in [0.29, 0.717) is 37.7 Å². The number of carbonyl (C=O) groups excluding carboxylic acids is 2. The van der Waals surface area contributed by atoms with Crippen LogP contribution >= 0.6 is 34.8 Å². The molecular formula is C21H16Cl3N3O4. The molecule has 0 spiro atoms. The quantitative estimate of drug-likeness (QED) is 0.294. The van der Waals surface area contributed by atoms with Gasteiger partial charge >= 0.3 is 11.8 Å². The third-order valence-corrected chi connectivity index (χ3v) is 4.93. The molecule has 0 aliphatic carbocycles. The maximum Gasteiger partial charge on any atom is 0.329 e. The number of hydrogen-bond acceptors (Lipinski definition) is 5. The number of carbonyl (C=O) groups is 2. The van der Waals surface area contributed by atoms with Gasteiger partial charge in [-0.2, -0.15) is 5.10 Å². The van der Waals surface area contributed by atoms with E-state index in [4.69, 9.17) is 44.0 Å². The molecule has 31 heavy (non-hydrogen) atoms. The normalized spacial score (nSPS) is 10.8. The molecule has 3 aromatic rings. The highest BCUT2D eigenvalue weighted by molar-refractivity contribution is 6.36. The Labute approximate surface area is 192 Å². The Morgan fingerprint density at radius 1 is 1.03 bits per heavy atom. The molecule has 0 aliphatic rings. The smallest absolute Gasteiger partial charge is 0.329 e. The lowest BCUT2D eigenvalue weighted by atomic mass is 10.2. The van der Waals surface area contributed by atoms with E-state index in [2.05, 4.69) is 15.8 Å². The van der Waals surface area contributed by atoms with Crippen LogP contribution in [0.25, 0.3) is 0 Å². The summed E-state index contributed by atoms with van der Waals surface area (Å²) in [6, 6.07) is 13.4. The summed E-state index contributed by atoms with van der Waals surface area (Å²) >= 11 is 18.4. The van der Waals surface area contributed by atoms with Crippen LogP contribution in [0, 0.1) is 0 Å². The second-order valence-electron chi connectivity index (χ2n) is 6.13. The first-order valence-electron chi connectivity index (χ1n) is 8.93. The lowest BCUT2D eigenvalue weighted by molar-refractivity contribution is -0.139. The molecule has 2 aromatic carbocycles. The molecule has 0 aliphatic heterocycles. The zero-order valence-corrected chi connectivity index (χ0v) is 18.2. The summed E-state index contributed by atoms with van der Waals surface area (Å²) in [5.41, 5.74) is 3.26. The molecule has 0 fully saturated rings.